The van der Waals surface area contributed by atoms with Gasteiger partial charge in [-0.1, -0.05) is 0 Å². The van der Waals surface area contributed by atoms with Gasteiger partial charge in [0.15, 0.2) is 0 Å². The SMILES string of the molecule is CC(C)c1nc(N(C)[SH](=O)=O)nc(-c2ccc(F)cc2)c1C[PH](c1ccccc1)(c1ccccc1)c1ccccc1. The molecule has 0 spiro atoms. The number of hydrogen-bond donors (Lipinski definition) is 1. The van der Waals surface area contributed by atoms with Crippen molar-refractivity contribution >= 4 is 40.0 Å². The Hall–Kier alpha value is -3.93. The van der Waals surface area contributed by atoms with Gasteiger partial charge in [-0.05, 0) is 0 Å². The predicted octanol–water partition coefficient (Wildman–Crippen LogP) is 5.60. The van der Waals surface area contributed by atoms with Gasteiger partial charge in [-0.3, -0.25) is 0 Å². The van der Waals surface area contributed by atoms with Gasteiger partial charge in [0.2, 0.25) is 0 Å². The van der Waals surface area contributed by atoms with Crippen LogP contribution in [-0.2, 0) is 17.1 Å². The number of thiol groups is 1. The third-order valence-corrected chi connectivity index (χ3v) is 13.0. The number of rotatable bonds is 9. The van der Waals surface area contributed by atoms with Crippen LogP contribution in [-0.4, -0.2) is 25.4 Å². The molecule has 0 amide bonds. The van der Waals surface area contributed by atoms with Crippen LogP contribution in [0.3, 0.4) is 0 Å². The van der Waals surface area contributed by atoms with E-state index in [1.165, 1.54) is 35.1 Å². The molecule has 0 aliphatic carbocycles. The molecule has 1 aromatic heterocycles. The van der Waals surface area contributed by atoms with Crippen molar-refractivity contribution in [3.8, 4) is 11.3 Å². The van der Waals surface area contributed by atoms with E-state index < -0.39 is 18.2 Å². The fourth-order valence-corrected chi connectivity index (χ4v) is 10.5. The van der Waals surface area contributed by atoms with Crippen molar-refractivity contribution in [3.05, 3.63) is 132 Å². The Bertz CT molecular complexity index is 1590. The van der Waals surface area contributed by atoms with Gasteiger partial charge in [-0.25, -0.2) is 0 Å². The zero-order chi connectivity index (χ0) is 29.0. The van der Waals surface area contributed by atoms with E-state index in [-0.39, 0.29) is 17.7 Å². The summed E-state index contributed by atoms with van der Waals surface area (Å²) in [4.78, 5) is 9.67. The summed E-state index contributed by atoms with van der Waals surface area (Å²) < 4.78 is 39.1. The van der Waals surface area contributed by atoms with Gasteiger partial charge in [0.05, 0.1) is 0 Å². The van der Waals surface area contributed by atoms with Gasteiger partial charge in [0.25, 0.3) is 0 Å². The number of anilines is 1. The first-order valence-corrected chi connectivity index (χ1v) is 16.9. The fraction of sp³-hybridized carbons (Fsp3) is 0.152. The molecular formula is C33H33FN3O2PS. The minimum atomic E-state index is -2.94. The Balaban J connectivity index is 1.88. The summed E-state index contributed by atoms with van der Waals surface area (Å²) in [6.07, 6.45) is 0.624. The second-order valence-electron chi connectivity index (χ2n) is 10.3. The van der Waals surface area contributed by atoms with Crippen molar-refractivity contribution in [1.82, 2.24) is 9.97 Å². The molecule has 4 aromatic carbocycles. The molecule has 5 nitrogen and oxygen atoms in total. The van der Waals surface area contributed by atoms with Crippen molar-refractivity contribution in [3.63, 3.8) is 0 Å². The summed E-state index contributed by atoms with van der Waals surface area (Å²) in [6, 6.07) is 37.9. The zero-order valence-electron chi connectivity index (χ0n) is 23.2. The van der Waals surface area contributed by atoms with Gasteiger partial charge < -0.3 is 0 Å². The zero-order valence-corrected chi connectivity index (χ0v) is 25.1. The van der Waals surface area contributed by atoms with Crippen molar-refractivity contribution in [1.29, 1.82) is 0 Å². The van der Waals surface area contributed by atoms with Crippen molar-refractivity contribution in [2.24, 2.45) is 0 Å². The van der Waals surface area contributed by atoms with Crippen LogP contribution in [0.5, 0.6) is 0 Å². The van der Waals surface area contributed by atoms with Crippen LogP contribution in [0.25, 0.3) is 11.3 Å². The Labute approximate surface area is 243 Å². The summed E-state index contributed by atoms with van der Waals surface area (Å²) in [5.74, 6) is -0.285. The van der Waals surface area contributed by atoms with Gasteiger partial charge in [-0.15, -0.1) is 0 Å². The average molecular weight is 586 g/mol. The molecule has 0 bridgehead atoms. The molecule has 0 saturated heterocycles. The van der Waals surface area contributed by atoms with E-state index >= 15 is 0 Å². The van der Waals surface area contributed by atoms with Crippen LogP contribution in [0.15, 0.2) is 115 Å². The molecule has 0 unspecified atom stereocenters. The summed E-state index contributed by atoms with van der Waals surface area (Å²) in [6.45, 7) is 4.11. The standard InChI is InChI=1S/C33H33FN3O2PS/c1-24(2)31-30(32(25-19-21-26(34)22-20-25)36-33(35-31)37(3)41(38)39)23-40(27-13-7-4-8-14-27,28-15-9-5-10-16-28)29-17-11-6-12-18-29/h4-22,24,40-41H,23H2,1-3H3. The normalized spacial score (nSPS) is 12.0. The Kier molecular flexibility index (Phi) is 8.57. The number of halogens is 1. The molecule has 0 aliphatic rings. The van der Waals surface area contributed by atoms with E-state index in [2.05, 4.69) is 86.6 Å². The fourth-order valence-electron chi connectivity index (χ4n) is 5.44. The summed E-state index contributed by atoms with van der Waals surface area (Å²) in [5.41, 5.74) is 3.03. The molecule has 5 aromatic rings. The van der Waals surface area contributed by atoms with Crippen LogP contribution in [0, 0.1) is 5.82 Å². The number of benzene rings is 4. The monoisotopic (exact) mass is 585 g/mol. The van der Waals surface area contributed by atoms with E-state index in [4.69, 9.17) is 9.97 Å². The molecule has 0 aliphatic heterocycles. The number of aromatic nitrogens is 2. The topological polar surface area (TPSA) is 63.2 Å². The molecule has 8 heteroatoms. The van der Waals surface area contributed by atoms with Crippen molar-refractivity contribution < 1.29 is 12.8 Å². The first-order valence-electron chi connectivity index (χ1n) is 13.5. The summed E-state index contributed by atoms with van der Waals surface area (Å²) in [5, 5.41) is 3.71. The van der Waals surface area contributed by atoms with E-state index in [1.54, 1.807) is 12.1 Å². The molecule has 0 N–H and O–H groups in total. The van der Waals surface area contributed by atoms with Gasteiger partial charge >= 0.3 is 244 Å². The maximum absolute atomic E-state index is 14.0. The average Bonchev–Trinajstić information content (AvgIpc) is 3.01. The Morgan fingerprint density at radius 2 is 1.20 bits per heavy atom. The first-order chi connectivity index (χ1) is 19.8. The number of hydrogen-bond acceptors (Lipinski definition) is 4. The minimum absolute atomic E-state index is 0.0297. The first kappa shape index (κ1) is 28.6. The molecule has 0 saturated carbocycles. The van der Waals surface area contributed by atoms with Gasteiger partial charge in [-0.2, -0.15) is 0 Å². The molecule has 210 valence electrons. The molecule has 0 fully saturated rings. The quantitative estimate of drug-likeness (QED) is 0.181. The van der Waals surface area contributed by atoms with E-state index in [1.807, 2.05) is 18.2 Å². The molecule has 41 heavy (non-hydrogen) atoms. The van der Waals surface area contributed by atoms with Gasteiger partial charge in [0, 0.05) is 0 Å². The van der Waals surface area contributed by atoms with E-state index in [0.717, 1.165) is 15.6 Å². The molecule has 0 radical (unpaired) electrons. The maximum atomic E-state index is 14.0. The van der Waals surface area contributed by atoms with Gasteiger partial charge in [0.1, 0.15) is 0 Å². The predicted molar refractivity (Wildman–Crippen MR) is 170 cm³/mol. The Morgan fingerprint density at radius 1 is 0.732 bits per heavy atom. The van der Waals surface area contributed by atoms with Crippen LogP contribution < -0.4 is 20.2 Å². The third-order valence-electron chi connectivity index (χ3n) is 7.47. The van der Waals surface area contributed by atoms with Crippen LogP contribution in [0.2, 0.25) is 0 Å². The second kappa shape index (κ2) is 12.3. The summed E-state index contributed by atoms with van der Waals surface area (Å²) in [7, 11) is -4.27. The molecular weight excluding hydrogens is 552 g/mol. The van der Waals surface area contributed by atoms with E-state index in [0.29, 0.717) is 17.4 Å². The van der Waals surface area contributed by atoms with Crippen molar-refractivity contribution in [2.75, 3.05) is 11.4 Å². The Morgan fingerprint density at radius 3 is 1.61 bits per heavy atom. The molecule has 5 rings (SSSR count). The van der Waals surface area contributed by atoms with Crippen LogP contribution >= 0.6 is 7.26 Å². The van der Waals surface area contributed by atoms with E-state index in [9.17, 15) is 12.8 Å². The van der Waals surface area contributed by atoms with Crippen molar-refractivity contribution in [2.45, 2.75) is 25.9 Å². The van der Waals surface area contributed by atoms with Crippen LogP contribution in [0.4, 0.5) is 10.3 Å². The van der Waals surface area contributed by atoms with Crippen LogP contribution in [0.1, 0.15) is 31.0 Å². The second-order valence-corrected chi connectivity index (χ2v) is 15.3. The third kappa shape index (κ3) is 5.79. The summed E-state index contributed by atoms with van der Waals surface area (Å²) >= 11 is 0. The number of nitrogens with zero attached hydrogens (tertiary/aromatic N) is 3. The molecule has 0 atom stereocenters. The molecule has 1 heterocycles.